The normalized spacial score (nSPS) is 27.5. The SMILES string of the molecule is CCC1CCC(N)C(SCc2cc(C)cc(C)c2)C1. The highest BCUT2D eigenvalue weighted by molar-refractivity contribution is 7.99. The first-order chi connectivity index (χ1) is 9.08. The largest absolute Gasteiger partial charge is 0.327 e. The summed E-state index contributed by atoms with van der Waals surface area (Å²) >= 11 is 2.07. The molecule has 2 N–H and O–H groups in total. The van der Waals surface area contributed by atoms with Crippen LogP contribution in [0.1, 0.15) is 49.3 Å². The van der Waals surface area contributed by atoms with Crippen LogP contribution >= 0.6 is 11.8 Å². The van der Waals surface area contributed by atoms with Gasteiger partial charge in [0.2, 0.25) is 0 Å². The lowest BCUT2D eigenvalue weighted by Gasteiger charge is -2.33. The summed E-state index contributed by atoms with van der Waals surface area (Å²) in [6.45, 7) is 6.68. The maximum Gasteiger partial charge on any atom is 0.0204 e. The molecule has 2 heteroatoms. The molecule has 0 heterocycles. The number of hydrogen-bond acceptors (Lipinski definition) is 2. The van der Waals surface area contributed by atoms with Gasteiger partial charge in [-0.15, -0.1) is 0 Å². The average molecular weight is 277 g/mol. The smallest absolute Gasteiger partial charge is 0.0204 e. The van der Waals surface area contributed by atoms with Gasteiger partial charge < -0.3 is 5.73 Å². The predicted molar refractivity (Wildman–Crippen MR) is 86.6 cm³/mol. The summed E-state index contributed by atoms with van der Waals surface area (Å²) in [5.74, 6) is 2.01. The van der Waals surface area contributed by atoms with Crippen molar-refractivity contribution in [2.45, 2.75) is 63.5 Å². The van der Waals surface area contributed by atoms with Crippen molar-refractivity contribution < 1.29 is 0 Å². The zero-order chi connectivity index (χ0) is 13.8. The molecule has 3 unspecified atom stereocenters. The summed E-state index contributed by atoms with van der Waals surface area (Å²) in [6, 6.07) is 7.27. The van der Waals surface area contributed by atoms with Crippen molar-refractivity contribution in [2.24, 2.45) is 11.7 Å². The fraction of sp³-hybridized carbons (Fsp3) is 0.647. The first-order valence-electron chi connectivity index (χ1n) is 7.52. The summed E-state index contributed by atoms with van der Waals surface area (Å²) in [5.41, 5.74) is 10.5. The van der Waals surface area contributed by atoms with Gasteiger partial charge >= 0.3 is 0 Å². The molecule has 1 aromatic carbocycles. The molecule has 1 aliphatic carbocycles. The monoisotopic (exact) mass is 277 g/mol. The number of benzene rings is 1. The van der Waals surface area contributed by atoms with E-state index in [4.69, 9.17) is 5.73 Å². The second-order valence-electron chi connectivity index (χ2n) is 6.10. The standard InChI is InChI=1S/C17H27NS/c1-4-14-5-6-16(18)17(10-14)19-11-15-8-12(2)7-13(3)9-15/h7-9,14,16-17H,4-6,10-11,18H2,1-3H3. The second-order valence-corrected chi connectivity index (χ2v) is 7.32. The van der Waals surface area contributed by atoms with Crippen molar-refractivity contribution in [2.75, 3.05) is 0 Å². The van der Waals surface area contributed by atoms with Gasteiger partial charge in [-0.05, 0) is 44.6 Å². The highest BCUT2D eigenvalue weighted by atomic mass is 32.2. The predicted octanol–water partition coefficient (Wildman–Crippen LogP) is 4.44. The van der Waals surface area contributed by atoms with Crippen LogP contribution in [0.2, 0.25) is 0 Å². The minimum Gasteiger partial charge on any atom is -0.327 e. The van der Waals surface area contributed by atoms with Crippen molar-refractivity contribution in [3.63, 3.8) is 0 Å². The van der Waals surface area contributed by atoms with E-state index in [0.717, 1.165) is 11.7 Å². The highest BCUT2D eigenvalue weighted by Gasteiger charge is 2.27. The van der Waals surface area contributed by atoms with Crippen LogP contribution in [0.3, 0.4) is 0 Å². The maximum absolute atomic E-state index is 6.30. The number of aryl methyl sites for hydroxylation is 2. The Kier molecular flexibility index (Phi) is 5.35. The molecule has 1 nitrogen and oxygen atoms in total. The summed E-state index contributed by atoms with van der Waals surface area (Å²) in [7, 11) is 0. The van der Waals surface area contributed by atoms with Gasteiger partial charge in [0.15, 0.2) is 0 Å². The Labute approximate surface area is 122 Å². The average Bonchev–Trinajstić information content (AvgIpc) is 2.37. The molecule has 2 rings (SSSR count). The minimum absolute atomic E-state index is 0.402. The van der Waals surface area contributed by atoms with Crippen molar-refractivity contribution >= 4 is 11.8 Å². The molecule has 0 spiro atoms. The van der Waals surface area contributed by atoms with E-state index in [9.17, 15) is 0 Å². The molecule has 1 fully saturated rings. The highest BCUT2D eigenvalue weighted by Crippen LogP contribution is 2.34. The number of hydrogen-bond donors (Lipinski definition) is 1. The quantitative estimate of drug-likeness (QED) is 0.880. The molecular weight excluding hydrogens is 250 g/mol. The van der Waals surface area contributed by atoms with Gasteiger partial charge in [0.05, 0.1) is 0 Å². The zero-order valence-corrected chi connectivity index (χ0v) is 13.3. The van der Waals surface area contributed by atoms with Crippen LogP contribution in [-0.4, -0.2) is 11.3 Å². The summed E-state index contributed by atoms with van der Waals surface area (Å²) in [5, 5.41) is 0.652. The van der Waals surface area contributed by atoms with Crippen molar-refractivity contribution in [3.05, 3.63) is 34.9 Å². The van der Waals surface area contributed by atoms with Gasteiger partial charge in [-0.1, -0.05) is 42.7 Å². The van der Waals surface area contributed by atoms with E-state index in [1.807, 2.05) is 0 Å². The number of thioether (sulfide) groups is 1. The number of nitrogens with two attached hydrogens (primary N) is 1. The molecule has 1 aliphatic rings. The van der Waals surface area contributed by atoms with E-state index in [-0.39, 0.29) is 0 Å². The Bertz CT molecular complexity index is 395. The van der Waals surface area contributed by atoms with Gasteiger partial charge in [0.1, 0.15) is 0 Å². The molecule has 19 heavy (non-hydrogen) atoms. The van der Waals surface area contributed by atoms with E-state index in [1.165, 1.54) is 42.4 Å². The van der Waals surface area contributed by atoms with Crippen molar-refractivity contribution in [3.8, 4) is 0 Å². The molecule has 0 saturated heterocycles. The van der Waals surface area contributed by atoms with Gasteiger partial charge in [-0.3, -0.25) is 0 Å². The third-order valence-electron chi connectivity index (χ3n) is 4.27. The van der Waals surface area contributed by atoms with Crippen LogP contribution in [0.15, 0.2) is 18.2 Å². The van der Waals surface area contributed by atoms with Crippen molar-refractivity contribution in [1.82, 2.24) is 0 Å². The molecule has 0 aliphatic heterocycles. The molecule has 0 bridgehead atoms. The third kappa shape index (κ3) is 4.25. The van der Waals surface area contributed by atoms with Crippen LogP contribution in [0.4, 0.5) is 0 Å². The Morgan fingerprint density at radius 1 is 1.16 bits per heavy atom. The van der Waals surface area contributed by atoms with Gasteiger partial charge in [0, 0.05) is 17.0 Å². The topological polar surface area (TPSA) is 26.0 Å². The summed E-state index contributed by atoms with van der Waals surface area (Å²) in [4.78, 5) is 0. The van der Waals surface area contributed by atoms with E-state index in [1.54, 1.807) is 0 Å². The molecular formula is C17H27NS. The molecule has 106 valence electrons. The Morgan fingerprint density at radius 2 is 1.84 bits per heavy atom. The molecule has 0 radical (unpaired) electrons. The van der Waals surface area contributed by atoms with Gasteiger partial charge in [-0.25, -0.2) is 0 Å². The van der Waals surface area contributed by atoms with Gasteiger partial charge in [-0.2, -0.15) is 11.8 Å². The van der Waals surface area contributed by atoms with Crippen LogP contribution in [0.25, 0.3) is 0 Å². The van der Waals surface area contributed by atoms with Gasteiger partial charge in [0.25, 0.3) is 0 Å². The first kappa shape index (κ1) is 14.9. The molecule has 0 aromatic heterocycles. The zero-order valence-electron chi connectivity index (χ0n) is 12.5. The fourth-order valence-corrected chi connectivity index (χ4v) is 4.52. The lowest BCUT2D eigenvalue weighted by molar-refractivity contribution is 0.327. The number of rotatable bonds is 4. The Hall–Kier alpha value is -0.470. The maximum atomic E-state index is 6.30. The van der Waals surface area contributed by atoms with Crippen LogP contribution < -0.4 is 5.73 Å². The van der Waals surface area contributed by atoms with Crippen molar-refractivity contribution in [1.29, 1.82) is 0 Å². The molecule has 1 aromatic rings. The Morgan fingerprint density at radius 3 is 2.47 bits per heavy atom. The summed E-state index contributed by atoms with van der Waals surface area (Å²) < 4.78 is 0. The van der Waals surface area contributed by atoms with E-state index in [2.05, 4.69) is 50.7 Å². The molecule has 3 atom stereocenters. The third-order valence-corrected chi connectivity index (χ3v) is 5.74. The first-order valence-corrected chi connectivity index (χ1v) is 8.57. The van der Waals surface area contributed by atoms with E-state index >= 15 is 0 Å². The lowest BCUT2D eigenvalue weighted by atomic mass is 9.84. The second kappa shape index (κ2) is 6.81. The van der Waals surface area contributed by atoms with Crippen LogP contribution in [-0.2, 0) is 5.75 Å². The summed E-state index contributed by atoms with van der Waals surface area (Å²) in [6.07, 6.45) is 5.17. The van der Waals surface area contributed by atoms with Crippen LogP contribution in [0, 0.1) is 19.8 Å². The molecule has 1 saturated carbocycles. The lowest BCUT2D eigenvalue weighted by Crippen LogP contribution is -2.38. The van der Waals surface area contributed by atoms with E-state index < -0.39 is 0 Å². The molecule has 0 amide bonds. The van der Waals surface area contributed by atoms with Crippen LogP contribution in [0.5, 0.6) is 0 Å². The Balaban J connectivity index is 1.93. The van der Waals surface area contributed by atoms with E-state index in [0.29, 0.717) is 11.3 Å². The minimum atomic E-state index is 0.402. The fourth-order valence-electron chi connectivity index (χ4n) is 3.15.